The molecule has 2 atom stereocenters. The maximum atomic E-state index is 13.8. The molecule has 0 bridgehead atoms. The molecule has 4 rings (SSSR count). The maximum Gasteiger partial charge on any atom is 0.259 e. The summed E-state index contributed by atoms with van der Waals surface area (Å²) in [6.45, 7) is 1.80. The molecule has 1 aromatic carbocycles. The molecule has 0 spiro atoms. The summed E-state index contributed by atoms with van der Waals surface area (Å²) in [6, 6.07) is 4.41. The van der Waals surface area contributed by atoms with Crippen molar-refractivity contribution in [3.63, 3.8) is 0 Å². The van der Waals surface area contributed by atoms with Gasteiger partial charge in [-0.2, -0.15) is 0 Å². The SMILES string of the molecule is Cc1c(C(N)=O)sc2ncnc(Nc3ccc(F)cc3O[C@H]3CC[C@H](N)C3)c12. The number of ether oxygens (including phenoxy) is 1. The number of aromatic nitrogens is 2. The number of aryl methyl sites for hydroxylation is 1. The van der Waals surface area contributed by atoms with Gasteiger partial charge in [-0.05, 0) is 43.9 Å². The average molecular weight is 401 g/mol. The molecule has 2 heterocycles. The largest absolute Gasteiger partial charge is 0.488 e. The third kappa shape index (κ3) is 3.50. The molecule has 0 radical (unpaired) electrons. The third-order valence-electron chi connectivity index (χ3n) is 4.87. The van der Waals surface area contributed by atoms with Crippen LogP contribution in [0, 0.1) is 12.7 Å². The van der Waals surface area contributed by atoms with Crippen LogP contribution >= 0.6 is 11.3 Å². The van der Waals surface area contributed by atoms with Crippen molar-refractivity contribution in [2.45, 2.75) is 38.3 Å². The first kappa shape index (κ1) is 18.6. The minimum absolute atomic E-state index is 0.0490. The topological polar surface area (TPSA) is 116 Å². The fourth-order valence-electron chi connectivity index (χ4n) is 3.49. The van der Waals surface area contributed by atoms with E-state index in [9.17, 15) is 9.18 Å². The van der Waals surface area contributed by atoms with Crippen molar-refractivity contribution in [3.05, 3.63) is 40.8 Å². The molecular formula is C19H20FN5O2S. The molecule has 0 aliphatic heterocycles. The number of nitrogens with one attached hydrogen (secondary N) is 1. The van der Waals surface area contributed by atoms with Gasteiger partial charge in [0.15, 0.2) is 0 Å². The molecule has 0 saturated heterocycles. The maximum absolute atomic E-state index is 13.8. The zero-order valence-electron chi connectivity index (χ0n) is 15.2. The Labute approximate surface area is 164 Å². The number of halogens is 1. The molecule has 0 unspecified atom stereocenters. The van der Waals surface area contributed by atoms with E-state index < -0.39 is 11.7 Å². The molecule has 3 aromatic rings. The van der Waals surface area contributed by atoms with Crippen molar-refractivity contribution in [1.29, 1.82) is 0 Å². The lowest BCUT2D eigenvalue weighted by Gasteiger charge is -2.18. The van der Waals surface area contributed by atoms with Crippen LogP contribution in [0.3, 0.4) is 0 Å². The quantitative estimate of drug-likeness (QED) is 0.604. The van der Waals surface area contributed by atoms with Gasteiger partial charge in [0.05, 0.1) is 16.0 Å². The standard InChI is InChI=1S/C19H20FN5O2S/c1-9-15-18(23-8-24-19(15)28-16(9)17(22)26)25-13-5-2-10(20)6-14(13)27-12-4-3-11(21)7-12/h2,5-6,8,11-12H,3-4,7,21H2,1H3,(H2,22,26)(H,23,24,25)/t11-,12-/m0/s1. The van der Waals surface area contributed by atoms with Crippen LogP contribution in [0.1, 0.15) is 34.5 Å². The number of hydrogen-bond donors (Lipinski definition) is 3. The van der Waals surface area contributed by atoms with Crippen LogP contribution in [0.4, 0.5) is 15.9 Å². The molecule has 1 aliphatic rings. The van der Waals surface area contributed by atoms with E-state index in [0.717, 1.165) is 19.3 Å². The summed E-state index contributed by atoms with van der Waals surface area (Å²) < 4.78 is 19.9. The first-order chi connectivity index (χ1) is 13.4. The van der Waals surface area contributed by atoms with E-state index in [0.29, 0.717) is 37.9 Å². The third-order valence-corrected chi connectivity index (χ3v) is 6.08. The van der Waals surface area contributed by atoms with Crippen LogP contribution in [0.5, 0.6) is 5.75 Å². The summed E-state index contributed by atoms with van der Waals surface area (Å²) in [6.07, 6.45) is 3.82. The van der Waals surface area contributed by atoms with Crippen LogP contribution < -0.4 is 21.5 Å². The summed E-state index contributed by atoms with van der Waals surface area (Å²) in [5.41, 5.74) is 12.7. The van der Waals surface area contributed by atoms with Crippen LogP contribution in [0.2, 0.25) is 0 Å². The minimum atomic E-state index is -0.505. The lowest BCUT2D eigenvalue weighted by molar-refractivity contribution is 0.100. The van der Waals surface area contributed by atoms with Crippen molar-refractivity contribution in [3.8, 4) is 5.75 Å². The predicted molar refractivity (Wildman–Crippen MR) is 107 cm³/mol. The first-order valence-electron chi connectivity index (χ1n) is 8.95. The van der Waals surface area contributed by atoms with Crippen molar-refractivity contribution < 1.29 is 13.9 Å². The van der Waals surface area contributed by atoms with Crippen LogP contribution in [-0.4, -0.2) is 28.0 Å². The van der Waals surface area contributed by atoms with E-state index in [-0.39, 0.29) is 12.1 Å². The molecule has 9 heteroatoms. The fourth-order valence-corrected chi connectivity index (χ4v) is 4.49. The molecule has 2 aromatic heterocycles. The lowest BCUT2D eigenvalue weighted by Crippen LogP contribution is -2.19. The Morgan fingerprint density at radius 2 is 2.18 bits per heavy atom. The Kier molecular flexibility index (Phi) is 4.86. The fraction of sp³-hybridized carbons (Fsp3) is 0.316. The van der Waals surface area contributed by atoms with Gasteiger partial charge < -0.3 is 21.5 Å². The van der Waals surface area contributed by atoms with Crippen LogP contribution in [0.25, 0.3) is 10.2 Å². The van der Waals surface area contributed by atoms with E-state index in [2.05, 4.69) is 15.3 Å². The van der Waals surface area contributed by atoms with Gasteiger partial charge in [0.25, 0.3) is 5.91 Å². The highest BCUT2D eigenvalue weighted by Gasteiger charge is 2.25. The van der Waals surface area contributed by atoms with Crippen molar-refractivity contribution >= 4 is 39.0 Å². The van der Waals surface area contributed by atoms with Crippen molar-refractivity contribution in [1.82, 2.24) is 9.97 Å². The monoisotopic (exact) mass is 401 g/mol. The second kappa shape index (κ2) is 7.33. The number of rotatable bonds is 5. The average Bonchev–Trinajstić information content (AvgIpc) is 3.21. The van der Waals surface area contributed by atoms with Gasteiger partial charge in [0, 0.05) is 12.1 Å². The van der Waals surface area contributed by atoms with Crippen LogP contribution in [-0.2, 0) is 0 Å². The molecule has 28 heavy (non-hydrogen) atoms. The molecule has 1 aliphatic carbocycles. The Hall–Kier alpha value is -2.78. The number of nitrogens with zero attached hydrogens (tertiary/aromatic N) is 2. The molecule has 5 N–H and O–H groups in total. The number of anilines is 2. The molecule has 1 fully saturated rings. The number of hydrogen-bond acceptors (Lipinski definition) is 7. The number of fused-ring (bicyclic) bond motifs is 1. The Bertz CT molecular complexity index is 1050. The summed E-state index contributed by atoms with van der Waals surface area (Å²) >= 11 is 1.22. The normalized spacial score (nSPS) is 19.1. The van der Waals surface area contributed by atoms with Crippen molar-refractivity contribution in [2.75, 3.05) is 5.32 Å². The van der Waals surface area contributed by atoms with E-state index in [1.165, 1.54) is 29.8 Å². The second-order valence-electron chi connectivity index (χ2n) is 6.90. The van der Waals surface area contributed by atoms with Gasteiger partial charge in [-0.3, -0.25) is 4.79 Å². The second-order valence-corrected chi connectivity index (χ2v) is 7.90. The smallest absolute Gasteiger partial charge is 0.259 e. The zero-order chi connectivity index (χ0) is 19.8. The number of thiophene rings is 1. The lowest BCUT2D eigenvalue weighted by atomic mass is 10.2. The van der Waals surface area contributed by atoms with E-state index in [1.807, 2.05) is 0 Å². The Morgan fingerprint density at radius 1 is 1.36 bits per heavy atom. The van der Waals surface area contributed by atoms with Crippen LogP contribution in [0.15, 0.2) is 24.5 Å². The number of primary amides is 1. The first-order valence-corrected chi connectivity index (χ1v) is 9.76. The van der Waals surface area contributed by atoms with Gasteiger partial charge in [-0.1, -0.05) is 0 Å². The molecule has 1 saturated carbocycles. The van der Waals surface area contributed by atoms with Gasteiger partial charge >= 0.3 is 0 Å². The van der Waals surface area contributed by atoms with Gasteiger partial charge in [0.1, 0.15) is 34.6 Å². The Morgan fingerprint density at radius 3 is 2.89 bits per heavy atom. The van der Waals surface area contributed by atoms with E-state index >= 15 is 0 Å². The Balaban J connectivity index is 1.70. The van der Waals surface area contributed by atoms with E-state index in [1.54, 1.807) is 13.0 Å². The predicted octanol–water partition coefficient (Wildman–Crippen LogP) is 3.24. The van der Waals surface area contributed by atoms with Gasteiger partial charge in [0.2, 0.25) is 0 Å². The molecular weight excluding hydrogens is 381 g/mol. The summed E-state index contributed by atoms with van der Waals surface area (Å²) in [7, 11) is 0. The van der Waals surface area contributed by atoms with Crippen molar-refractivity contribution in [2.24, 2.45) is 11.5 Å². The number of benzene rings is 1. The number of carbonyl (C=O) groups excluding carboxylic acids is 1. The highest BCUT2D eigenvalue weighted by atomic mass is 32.1. The summed E-state index contributed by atoms with van der Waals surface area (Å²) in [5, 5.41) is 3.91. The highest BCUT2D eigenvalue weighted by molar-refractivity contribution is 7.20. The summed E-state index contributed by atoms with van der Waals surface area (Å²) in [5.74, 6) is 0.00735. The molecule has 1 amide bonds. The van der Waals surface area contributed by atoms with Gasteiger partial charge in [-0.25, -0.2) is 14.4 Å². The van der Waals surface area contributed by atoms with E-state index in [4.69, 9.17) is 16.2 Å². The zero-order valence-corrected chi connectivity index (χ0v) is 16.1. The highest BCUT2D eigenvalue weighted by Crippen LogP contribution is 2.37. The van der Waals surface area contributed by atoms with Gasteiger partial charge in [-0.15, -0.1) is 11.3 Å². The molecule has 7 nitrogen and oxygen atoms in total. The minimum Gasteiger partial charge on any atom is -0.488 e. The number of nitrogens with two attached hydrogens (primary N) is 2. The number of carbonyl (C=O) groups is 1. The molecule has 146 valence electrons. The summed E-state index contributed by atoms with van der Waals surface area (Å²) in [4.78, 5) is 21.3. The number of amides is 1.